The number of ether oxygens (including phenoxy) is 1. The predicted octanol–water partition coefficient (Wildman–Crippen LogP) is 1.18. The van der Waals surface area contributed by atoms with Crippen LogP contribution in [0.1, 0.15) is 26.2 Å². The molecule has 1 atom stereocenters. The molecule has 1 aliphatic carbocycles. The molecule has 1 fully saturated rings. The van der Waals surface area contributed by atoms with Crippen molar-refractivity contribution in [2.45, 2.75) is 36.9 Å². The molecule has 6 nitrogen and oxygen atoms in total. The first-order valence-corrected chi connectivity index (χ1v) is 8.12. The quantitative estimate of drug-likeness (QED) is 0.426. The number of hydrogen-bond acceptors (Lipinski definition) is 6. The second kappa shape index (κ2) is 7.09. The lowest BCUT2D eigenvalue weighted by atomic mass is 9.95. The molecule has 1 unspecified atom stereocenters. The maximum absolute atomic E-state index is 12.3. The summed E-state index contributed by atoms with van der Waals surface area (Å²) in [6.07, 6.45) is 4.45. The average Bonchev–Trinajstić information content (AvgIpc) is 3.32. The van der Waals surface area contributed by atoms with Gasteiger partial charge in [-0.1, -0.05) is 18.7 Å². The summed E-state index contributed by atoms with van der Waals surface area (Å²) in [5.41, 5.74) is -0.881. The summed E-state index contributed by atoms with van der Waals surface area (Å²) in [4.78, 5) is 30.4. The van der Waals surface area contributed by atoms with Crippen molar-refractivity contribution in [3.8, 4) is 0 Å². The number of aromatic nitrogens is 2. The van der Waals surface area contributed by atoms with Gasteiger partial charge in [-0.05, 0) is 31.7 Å². The highest BCUT2D eigenvalue weighted by Gasteiger charge is 2.51. The third-order valence-electron chi connectivity index (χ3n) is 3.60. The Morgan fingerprint density at radius 1 is 1.62 bits per heavy atom. The van der Waals surface area contributed by atoms with Gasteiger partial charge in [-0.2, -0.15) is 0 Å². The third kappa shape index (κ3) is 3.85. The van der Waals surface area contributed by atoms with E-state index in [9.17, 15) is 9.59 Å². The number of carbonyl (C=O) groups excluding carboxylic acids is 1. The highest BCUT2D eigenvalue weighted by atomic mass is 32.2. The van der Waals surface area contributed by atoms with E-state index in [-0.39, 0.29) is 11.5 Å². The van der Waals surface area contributed by atoms with Gasteiger partial charge in [0.1, 0.15) is 5.54 Å². The van der Waals surface area contributed by atoms with E-state index in [0.29, 0.717) is 16.8 Å². The number of thioether (sulfide) groups is 1. The monoisotopic (exact) mass is 311 g/mol. The minimum atomic E-state index is -0.691. The van der Waals surface area contributed by atoms with Gasteiger partial charge in [0.15, 0.2) is 5.16 Å². The average molecular weight is 311 g/mol. The molecule has 2 rings (SSSR count). The van der Waals surface area contributed by atoms with Crippen LogP contribution in [0.5, 0.6) is 0 Å². The number of methoxy groups -OCH3 is 1. The van der Waals surface area contributed by atoms with Crippen LogP contribution in [-0.4, -0.2) is 40.9 Å². The summed E-state index contributed by atoms with van der Waals surface area (Å²) in [5, 5.41) is 3.89. The summed E-state index contributed by atoms with van der Waals surface area (Å²) in [6, 6.07) is 1.37. The highest BCUT2D eigenvalue weighted by molar-refractivity contribution is 7.99. The van der Waals surface area contributed by atoms with Gasteiger partial charge in [0.05, 0.1) is 7.11 Å². The predicted molar refractivity (Wildman–Crippen MR) is 81.3 cm³/mol. The first-order chi connectivity index (χ1) is 10.1. The van der Waals surface area contributed by atoms with Crippen molar-refractivity contribution in [1.29, 1.82) is 0 Å². The topological polar surface area (TPSA) is 84.1 Å². The lowest BCUT2D eigenvalue weighted by Crippen LogP contribution is -2.57. The van der Waals surface area contributed by atoms with Crippen LogP contribution in [0.4, 0.5) is 0 Å². The Kier molecular flexibility index (Phi) is 5.41. The van der Waals surface area contributed by atoms with Gasteiger partial charge in [-0.3, -0.25) is 9.59 Å². The lowest BCUT2D eigenvalue weighted by molar-refractivity contribution is -0.148. The zero-order valence-corrected chi connectivity index (χ0v) is 13.2. The smallest absolute Gasteiger partial charge is 0.327 e. The minimum Gasteiger partial charge on any atom is -0.468 e. The number of hydrogen-bond donors (Lipinski definition) is 2. The first-order valence-electron chi connectivity index (χ1n) is 7.14. The zero-order chi connectivity index (χ0) is 15.3. The summed E-state index contributed by atoms with van der Waals surface area (Å²) in [7, 11) is 1.42. The van der Waals surface area contributed by atoms with Crippen molar-refractivity contribution in [2.24, 2.45) is 5.92 Å². The van der Waals surface area contributed by atoms with Crippen LogP contribution in [0, 0.1) is 5.92 Å². The molecule has 0 bridgehead atoms. The van der Waals surface area contributed by atoms with Crippen LogP contribution in [0.15, 0.2) is 22.2 Å². The Balaban J connectivity index is 2.14. The molecule has 7 heteroatoms. The van der Waals surface area contributed by atoms with E-state index in [2.05, 4.69) is 22.2 Å². The molecule has 2 N–H and O–H groups in total. The van der Waals surface area contributed by atoms with Crippen molar-refractivity contribution in [1.82, 2.24) is 15.3 Å². The molecule has 0 radical (unpaired) electrons. The Morgan fingerprint density at radius 2 is 2.38 bits per heavy atom. The molecule has 0 aliphatic heterocycles. The van der Waals surface area contributed by atoms with Crippen molar-refractivity contribution in [3.05, 3.63) is 22.6 Å². The fourth-order valence-corrected chi connectivity index (χ4v) is 3.45. The molecule has 1 aromatic rings. The number of esters is 1. The van der Waals surface area contributed by atoms with Crippen LogP contribution in [0.2, 0.25) is 0 Å². The van der Waals surface area contributed by atoms with Crippen LogP contribution >= 0.6 is 11.8 Å². The van der Waals surface area contributed by atoms with E-state index in [1.165, 1.54) is 31.1 Å². The molecule has 1 aliphatic rings. The summed E-state index contributed by atoms with van der Waals surface area (Å²) in [5.74, 6) is 0.556. The van der Waals surface area contributed by atoms with Gasteiger partial charge < -0.3 is 15.0 Å². The van der Waals surface area contributed by atoms with Gasteiger partial charge in [-0.25, -0.2) is 4.98 Å². The van der Waals surface area contributed by atoms with Crippen molar-refractivity contribution < 1.29 is 9.53 Å². The number of nitrogens with zero attached hydrogens (tertiary/aromatic N) is 1. The molecule has 0 saturated heterocycles. The molecule has 1 aromatic heterocycles. The van der Waals surface area contributed by atoms with E-state index in [1.807, 2.05) is 0 Å². The molecule has 0 amide bonds. The Bertz CT molecular complexity index is 544. The SMILES string of the molecule is CCCNC(CSc1nccc(=O)[nH]1)(C(=O)OC)C1CC1. The fraction of sp³-hybridized carbons (Fsp3) is 0.643. The van der Waals surface area contributed by atoms with E-state index in [0.717, 1.165) is 25.8 Å². The van der Waals surface area contributed by atoms with E-state index >= 15 is 0 Å². The number of aromatic amines is 1. The summed E-state index contributed by atoms with van der Waals surface area (Å²) >= 11 is 1.37. The molecule has 0 aromatic carbocycles. The maximum Gasteiger partial charge on any atom is 0.327 e. The van der Waals surface area contributed by atoms with Crippen LogP contribution in [0.3, 0.4) is 0 Å². The van der Waals surface area contributed by atoms with E-state index in [1.54, 1.807) is 0 Å². The van der Waals surface area contributed by atoms with Crippen LogP contribution in [0.25, 0.3) is 0 Å². The largest absolute Gasteiger partial charge is 0.468 e. The van der Waals surface area contributed by atoms with Gasteiger partial charge >= 0.3 is 5.97 Å². The Morgan fingerprint density at radius 3 is 2.95 bits per heavy atom. The van der Waals surface area contributed by atoms with Crippen LogP contribution < -0.4 is 10.9 Å². The molecule has 1 saturated carbocycles. The molecule has 0 spiro atoms. The van der Waals surface area contributed by atoms with Crippen molar-refractivity contribution >= 4 is 17.7 Å². The molecule has 1 heterocycles. The highest BCUT2D eigenvalue weighted by Crippen LogP contribution is 2.42. The molecular weight excluding hydrogens is 290 g/mol. The fourth-order valence-electron chi connectivity index (χ4n) is 2.32. The number of nitrogens with one attached hydrogen (secondary N) is 2. The second-order valence-corrected chi connectivity index (χ2v) is 6.16. The third-order valence-corrected chi connectivity index (χ3v) is 4.68. The van der Waals surface area contributed by atoms with Gasteiger partial charge in [0.2, 0.25) is 0 Å². The standard InChI is InChI=1S/C14H21N3O3S/c1-3-7-16-14(10-4-5-10,12(19)20-2)9-21-13-15-8-6-11(18)17-13/h6,8,10,16H,3-5,7,9H2,1-2H3,(H,15,17,18). The second-order valence-electron chi connectivity index (χ2n) is 5.19. The summed E-state index contributed by atoms with van der Waals surface area (Å²) in [6.45, 7) is 2.82. The Hall–Kier alpha value is -1.34. The van der Waals surface area contributed by atoms with Crippen LogP contribution in [-0.2, 0) is 9.53 Å². The van der Waals surface area contributed by atoms with Gasteiger partial charge in [-0.15, -0.1) is 0 Å². The zero-order valence-electron chi connectivity index (χ0n) is 12.3. The van der Waals surface area contributed by atoms with E-state index < -0.39 is 5.54 Å². The van der Waals surface area contributed by atoms with Gasteiger partial charge in [0.25, 0.3) is 5.56 Å². The lowest BCUT2D eigenvalue weighted by Gasteiger charge is -2.31. The first kappa shape index (κ1) is 16.0. The molecule has 116 valence electrons. The molecule has 21 heavy (non-hydrogen) atoms. The number of carbonyl (C=O) groups is 1. The Labute approximate surface area is 128 Å². The number of H-pyrrole nitrogens is 1. The van der Waals surface area contributed by atoms with Gasteiger partial charge in [0, 0.05) is 18.0 Å². The minimum absolute atomic E-state index is 0.191. The summed E-state index contributed by atoms with van der Waals surface area (Å²) < 4.78 is 5.02. The normalized spacial score (nSPS) is 17.2. The number of rotatable bonds is 8. The maximum atomic E-state index is 12.3. The van der Waals surface area contributed by atoms with Crippen molar-refractivity contribution in [3.63, 3.8) is 0 Å². The van der Waals surface area contributed by atoms with Crippen molar-refractivity contribution in [2.75, 3.05) is 19.4 Å². The molecular formula is C14H21N3O3S. The van der Waals surface area contributed by atoms with E-state index in [4.69, 9.17) is 4.74 Å².